The number of thioether (sulfide) groups is 1. The Morgan fingerprint density at radius 1 is 1.23 bits per heavy atom. The predicted molar refractivity (Wildman–Crippen MR) is 120 cm³/mol. The standard InChI is InChI=1S/C20H30N4O4S2/c1-13(2)16(25)24-20(12-14(3)23-30(27)28,15-10-8-7-9-11-15)29-18(22-24)21-17(26)19(4,5)6/h7-11,13-14,23H,12H2,1-6H3,(H,27,28)(H,21,22,26). The van der Waals surface area contributed by atoms with Gasteiger partial charge in [-0.15, -0.1) is 5.10 Å². The normalized spacial score (nSPS) is 21.3. The number of hydrogen-bond donors (Lipinski definition) is 3. The summed E-state index contributed by atoms with van der Waals surface area (Å²) in [5.74, 6) is -0.744. The van der Waals surface area contributed by atoms with E-state index in [4.69, 9.17) is 0 Å². The van der Waals surface area contributed by atoms with Crippen molar-refractivity contribution >= 4 is 40.0 Å². The van der Waals surface area contributed by atoms with Crippen molar-refractivity contribution in [1.29, 1.82) is 0 Å². The third kappa shape index (κ3) is 5.69. The molecule has 1 aliphatic rings. The molecule has 0 spiro atoms. The van der Waals surface area contributed by atoms with E-state index in [1.54, 1.807) is 41.5 Å². The van der Waals surface area contributed by atoms with Crippen molar-refractivity contribution in [3.05, 3.63) is 35.9 Å². The van der Waals surface area contributed by atoms with E-state index in [0.717, 1.165) is 5.56 Å². The van der Waals surface area contributed by atoms with E-state index in [0.29, 0.717) is 11.6 Å². The van der Waals surface area contributed by atoms with Crippen LogP contribution in [0.4, 0.5) is 0 Å². The summed E-state index contributed by atoms with van der Waals surface area (Å²) < 4.78 is 23.1. The molecule has 0 bridgehead atoms. The molecule has 0 aromatic heterocycles. The van der Waals surface area contributed by atoms with Gasteiger partial charge in [0.2, 0.25) is 23.1 Å². The maximum atomic E-state index is 13.1. The number of amides is 2. The quantitative estimate of drug-likeness (QED) is 0.572. The van der Waals surface area contributed by atoms with Crippen LogP contribution in [0.3, 0.4) is 0 Å². The SMILES string of the molecule is CC(CC1(c2ccccc2)SC(NC(=O)C(C)(C)C)=NN1C(=O)C(C)C)NS(=O)O. The van der Waals surface area contributed by atoms with Gasteiger partial charge < -0.3 is 5.32 Å². The molecule has 2 rings (SSSR count). The number of nitrogens with zero attached hydrogens (tertiary/aromatic N) is 2. The van der Waals surface area contributed by atoms with Gasteiger partial charge in [0, 0.05) is 23.8 Å². The second-order valence-electron chi connectivity index (χ2n) is 8.64. The van der Waals surface area contributed by atoms with Crippen LogP contribution in [-0.4, -0.2) is 36.8 Å². The van der Waals surface area contributed by atoms with E-state index < -0.39 is 27.6 Å². The van der Waals surface area contributed by atoms with E-state index in [-0.39, 0.29) is 17.7 Å². The summed E-state index contributed by atoms with van der Waals surface area (Å²) in [6.07, 6.45) is 0.296. The Labute approximate surface area is 184 Å². The average Bonchev–Trinajstić information content (AvgIpc) is 2.99. The maximum Gasteiger partial charge on any atom is 0.246 e. The lowest BCUT2D eigenvalue weighted by atomic mass is 9.96. The average molecular weight is 455 g/mol. The molecule has 0 radical (unpaired) electrons. The summed E-state index contributed by atoms with van der Waals surface area (Å²) in [6, 6.07) is 8.96. The zero-order chi connectivity index (χ0) is 22.7. The highest BCUT2D eigenvalue weighted by Crippen LogP contribution is 2.49. The minimum absolute atomic E-state index is 0.205. The minimum Gasteiger partial charge on any atom is -0.303 e. The largest absolute Gasteiger partial charge is 0.303 e. The summed E-state index contributed by atoms with van der Waals surface area (Å²) >= 11 is -0.933. The Bertz CT molecular complexity index is 839. The molecule has 1 aliphatic heterocycles. The van der Waals surface area contributed by atoms with Crippen LogP contribution in [0.25, 0.3) is 0 Å². The Kier molecular flexibility index (Phi) is 7.84. The van der Waals surface area contributed by atoms with E-state index in [2.05, 4.69) is 15.1 Å². The molecule has 166 valence electrons. The van der Waals surface area contributed by atoms with E-state index in [9.17, 15) is 18.4 Å². The van der Waals surface area contributed by atoms with Crippen molar-refractivity contribution in [2.24, 2.45) is 16.4 Å². The fourth-order valence-corrected chi connectivity index (χ4v) is 4.77. The van der Waals surface area contributed by atoms with Crippen LogP contribution >= 0.6 is 11.8 Å². The van der Waals surface area contributed by atoms with Gasteiger partial charge in [-0.25, -0.2) is 13.9 Å². The zero-order valence-electron chi connectivity index (χ0n) is 18.1. The molecule has 3 N–H and O–H groups in total. The molecule has 0 saturated carbocycles. The number of carbonyl (C=O) groups is 2. The molecule has 3 atom stereocenters. The van der Waals surface area contributed by atoms with Crippen LogP contribution in [0, 0.1) is 11.3 Å². The lowest BCUT2D eigenvalue weighted by Crippen LogP contribution is -2.47. The number of hydrogen-bond acceptors (Lipinski definition) is 5. The van der Waals surface area contributed by atoms with E-state index >= 15 is 0 Å². The zero-order valence-corrected chi connectivity index (χ0v) is 19.8. The van der Waals surface area contributed by atoms with Gasteiger partial charge in [-0.05, 0) is 12.5 Å². The summed E-state index contributed by atoms with van der Waals surface area (Å²) in [6.45, 7) is 10.7. The van der Waals surface area contributed by atoms with Crippen LogP contribution in [0.1, 0.15) is 53.5 Å². The molecular weight excluding hydrogens is 424 g/mol. The first-order chi connectivity index (χ1) is 13.9. The highest BCUT2D eigenvalue weighted by atomic mass is 32.2. The number of amidine groups is 1. The van der Waals surface area contributed by atoms with Crippen LogP contribution in [0.15, 0.2) is 35.4 Å². The van der Waals surface area contributed by atoms with Crippen molar-refractivity contribution in [3.63, 3.8) is 0 Å². The fourth-order valence-electron chi connectivity index (χ4n) is 2.96. The Hall–Kier alpha value is -1.75. The summed E-state index contributed by atoms with van der Waals surface area (Å²) in [5.41, 5.74) is 0.182. The molecule has 2 amide bonds. The highest BCUT2D eigenvalue weighted by Gasteiger charge is 2.50. The lowest BCUT2D eigenvalue weighted by Gasteiger charge is -2.38. The first-order valence-corrected chi connectivity index (χ1v) is 11.6. The molecule has 8 nitrogen and oxygen atoms in total. The van der Waals surface area contributed by atoms with Crippen LogP contribution < -0.4 is 10.0 Å². The van der Waals surface area contributed by atoms with Gasteiger partial charge in [-0.2, -0.15) is 0 Å². The number of hydrazone groups is 1. The van der Waals surface area contributed by atoms with E-state index in [1.807, 2.05) is 30.3 Å². The van der Waals surface area contributed by atoms with Crippen molar-refractivity contribution in [3.8, 4) is 0 Å². The smallest absolute Gasteiger partial charge is 0.246 e. The lowest BCUT2D eigenvalue weighted by molar-refractivity contribution is -0.138. The molecule has 30 heavy (non-hydrogen) atoms. The summed E-state index contributed by atoms with van der Waals surface area (Å²) in [7, 11) is 0. The predicted octanol–water partition coefficient (Wildman–Crippen LogP) is 3.01. The molecule has 0 saturated heterocycles. The summed E-state index contributed by atoms with van der Waals surface area (Å²) in [4.78, 5) is 24.7. The second kappa shape index (κ2) is 9.59. The highest BCUT2D eigenvalue weighted by molar-refractivity contribution is 8.14. The van der Waals surface area contributed by atoms with Gasteiger partial charge in [0.15, 0.2) is 5.17 Å². The molecule has 0 fully saturated rings. The summed E-state index contributed by atoms with van der Waals surface area (Å²) in [5, 5.41) is 9.06. The topological polar surface area (TPSA) is 111 Å². The van der Waals surface area contributed by atoms with Crippen LogP contribution in [-0.2, 0) is 25.7 Å². The number of rotatable bonds is 6. The third-order valence-electron chi connectivity index (χ3n) is 4.51. The van der Waals surface area contributed by atoms with Gasteiger partial charge in [-0.3, -0.25) is 14.1 Å². The van der Waals surface area contributed by atoms with E-state index in [1.165, 1.54) is 16.8 Å². The molecule has 1 aromatic carbocycles. The molecular formula is C20H30N4O4S2. The number of carbonyl (C=O) groups excluding carboxylic acids is 2. The van der Waals surface area contributed by atoms with Gasteiger partial charge in [0.05, 0.1) is 0 Å². The van der Waals surface area contributed by atoms with Crippen LogP contribution in [0.5, 0.6) is 0 Å². The fraction of sp³-hybridized carbons (Fsp3) is 0.550. The molecule has 3 unspecified atom stereocenters. The number of benzene rings is 1. The van der Waals surface area contributed by atoms with Gasteiger partial charge >= 0.3 is 0 Å². The van der Waals surface area contributed by atoms with Crippen molar-refractivity contribution in [2.75, 3.05) is 0 Å². The van der Waals surface area contributed by atoms with Gasteiger partial charge in [0.1, 0.15) is 4.87 Å². The second-order valence-corrected chi connectivity index (χ2v) is 10.6. The monoisotopic (exact) mass is 454 g/mol. The first kappa shape index (κ1) is 24.5. The van der Waals surface area contributed by atoms with Gasteiger partial charge in [0.25, 0.3) is 0 Å². The Morgan fingerprint density at radius 3 is 2.33 bits per heavy atom. The molecule has 0 aliphatic carbocycles. The Morgan fingerprint density at radius 2 is 1.83 bits per heavy atom. The first-order valence-electron chi connectivity index (χ1n) is 9.72. The third-order valence-corrected chi connectivity index (χ3v) is 6.41. The van der Waals surface area contributed by atoms with Gasteiger partial charge in [-0.1, -0.05) is 76.7 Å². The van der Waals surface area contributed by atoms with Crippen molar-refractivity contribution in [2.45, 2.75) is 58.9 Å². The van der Waals surface area contributed by atoms with Crippen LogP contribution in [0.2, 0.25) is 0 Å². The Balaban J connectivity index is 2.52. The molecule has 1 aromatic rings. The minimum atomic E-state index is -2.20. The molecule has 10 heteroatoms. The maximum absolute atomic E-state index is 13.1. The number of nitrogens with one attached hydrogen (secondary N) is 2. The molecule has 1 heterocycles. The van der Waals surface area contributed by atoms with Crippen molar-refractivity contribution < 1.29 is 18.4 Å². The van der Waals surface area contributed by atoms with Crippen molar-refractivity contribution in [1.82, 2.24) is 15.0 Å².